The van der Waals surface area contributed by atoms with Gasteiger partial charge in [-0.15, -0.1) is 0 Å². The Hall–Kier alpha value is -0.970. The van der Waals surface area contributed by atoms with Crippen LogP contribution in [0.3, 0.4) is 0 Å². The quantitative estimate of drug-likeness (QED) is 0.686. The van der Waals surface area contributed by atoms with Gasteiger partial charge in [-0.1, -0.05) is 23.2 Å². The average Bonchev–Trinajstić information content (AvgIpc) is 2.72. The lowest BCUT2D eigenvalue weighted by Gasteiger charge is -2.10. The van der Waals surface area contributed by atoms with Gasteiger partial charge in [0, 0.05) is 12.7 Å². The minimum atomic E-state index is 0.0523. The average molecular weight is 292 g/mol. The first kappa shape index (κ1) is 12.5. The fraction of sp³-hybridized carbons (Fsp3) is 0.200. The van der Waals surface area contributed by atoms with Gasteiger partial charge in [0.2, 0.25) is 5.28 Å². The Labute approximate surface area is 114 Å². The van der Waals surface area contributed by atoms with E-state index in [1.165, 1.54) is 0 Å². The summed E-state index contributed by atoms with van der Waals surface area (Å²) in [5.74, 6) is 1.25. The molecule has 0 saturated heterocycles. The molecule has 0 spiro atoms. The fourth-order valence-electron chi connectivity index (χ4n) is 1.40. The van der Waals surface area contributed by atoms with Crippen LogP contribution in [0.4, 0.5) is 11.6 Å². The van der Waals surface area contributed by atoms with Crippen LogP contribution in [0.1, 0.15) is 6.92 Å². The van der Waals surface area contributed by atoms with Crippen LogP contribution in [-0.4, -0.2) is 14.5 Å². The highest BCUT2D eigenvalue weighted by atomic mass is 35.5. The van der Waals surface area contributed by atoms with E-state index in [0.717, 1.165) is 12.4 Å². The van der Waals surface area contributed by atoms with Crippen LogP contribution in [-0.2, 0) is 6.54 Å². The minimum Gasteiger partial charge on any atom is -0.335 e. The van der Waals surface area contributed by atoms with Crippen LogP contribution in [0.5, 0.6) is 0 Å². The molecule has 2 aromatic heterocycles. The molecule has 0 fully saturated rings. The van der Waals surface area contributed by atoms with Gasteiger partial charge in [0.25, 0.3) is 0 Å². The third-order valence-corrected chi connectivity index (χ3v) is 3.10. The number of hydrogen-bond donors (Lipinski definition) is 1. The molecule has 0 bridgehead atoms. The Kier molecular flexibility index (Phi) is 3.76. The van der Waals surface area contributed by atoms with Crippen LogP contribution in [0.2, 0.25) is 15.5 Å². The number of aryl methyl sites for hydroxylation is 1. The van der Waals surface area contributed by atoms with Crippen molar-refractivity contribution < 1.29 is 0 Å². The highest BCUT2D eigenvalue weighted by molar-refractivity contribution is 6.43. The first-order valence-electron chi connectivity index (χ1n) is 4.92. The van der Waals surface area contributed by atoms with E-state index in [4.69, 9.17) is 34.8 Å². The van der Waals surface area contributed by atoms with Gasteiger partial charge in [0.05, 0.1) is 0 Å². The van der Waals surface area contributed by atoms with Gasteiger partial charge in [-0.05, 0) is 30.7 Å². The Balaban J connectivity index is 2.36. The molecule has 90 valence electrons. The predicted octanol–water partition coefficient (Wildman–Crippen LogP) is 4.00. The lowest BCUT2D eigenvalue weighted by Crippen LogP contribution is -2.03. The molecule has 0 aromatic carbocycles. The van der Waals surface area contributed by atoms with Gasteiger partial charge in [-0.25, -0.2) is 4.98 Å². The van der Waals surface area contributed by atoms with Gasteiger partial charge in [-0.2, -0.15) is 4.98 Å². The molecule has 2 aromatic rings. The van der Waals surface area contributed by atoms with Gasteiger partial charge in [0.15, 0.2) is 11.0 Å². The molecule has 2 heterocycles. The second-order valence-corrected chi connectivity index (χ2v) is 4.32. The summed E-state index contributed by atoms with van der Waals surface area (Å²) < 4.78 is 2.00. The standard InChI is InChI=1S/C10H9Cl3N4/c1-2-17-5-3-4-6(17)14-9-7(11)8(12)15-10(13)16-9/h3-5H,2H2,1H3,(H,14,15,16). The van der Waals surface area contributed by atoms with Crippen molar-refractivity contribution in [2.75, 3.05) is 5.32 Å². The van der Waals surface area contributed by atoms with Crippen LogP contribution in [0.25, 0.3) is 0 Å². The van der Waals surface area contributed by atoms with E-state index in [1.807, 2.05) is 29.8 Å². The predicted molar refractivity (Wildman–Crippen MR) is 70.5 cm³/mol. The minimum absolute atomic E-state index is 0.0523. The maximum atomic E-state index is 5.99. The van der Waals surface area contributed by atoms with Crippen LogP contribution in [0.15, 0.2) is 18.3 Å². The molecule has 0 atom stereocenters. The van der Waals surface area contributed by atoms with Gasteiger partial charge in [-0.3, -0.25) is 0 Å². The van der Waals surface area contributed by atoms with Crippen LogP contribution in [0, 0.1) is 0 Å². The monoisotopic (exact) mass is 290 g/mol. The molecule has 0 aliphatic heterocycles. The van der Waals surface area contributed by atoms with Gasteiger partial charge in [0.1, 0.15) is 10.8 Å². The summed E-state index contributed by atoms with van der Waals surface area (Å²) in [6.45, 7) is 2.87. The summed E-state index contributed by atoms with van der Waals surface area (Å²) in [5, 5.41) is 3.50. The van der Waals surface area contributed by atoms with Crippen molar-refractivity contribution in [1.29, 1.82) is 0 Å². The van der Waals surface area contributed by atoms with Crippen molar-refractivity contribution in [3.8, 4) is 0 Å². The Morgan fingerprint density at radius 3 is 2.76 bits per heavy atom. The zero-order valence-electron chi connectivity index (χ0n) is 8.91. The SMILES string of the molecule is CCn1cccc1Nc1nc(Cl)nc(Cl)c1Cl. The summed E-state index contributed by atoms with van der Waals surface area (Å²) in [7, 11) is 0. The summed E-state index contributed by atoms with van der Waals surface area (Å²) in [5.41, 5.74) is 0. The molecule has 0 saturated carbocycles. The van der Waals surface area contributed by atoms with E-state index in [9.17, 15) is 0 Å². The summed E-state index contributed by atoms with van der Waals surface area (Å²) in [6, 6.07) is 3.83. The second kappa shape index (κ2) is 5.12. The number of nitrogens with one attached hydrogen (secondary N) is 1. The number of rotatable bonds is 3. The molecule has 0 aliphatic carbocycles. The largest absolute Gasteiger partial charge is 0.335 e. The van der Waals surface area contributed by atoms with E-state index in [1.54, 1.807) is 0 Å². The number of nitrogens with zero attached hydrogens (tertiary/aromatic N) is 3. The normalized spacial score (nSPS) is 10.6. The maximum absolute atomic E-state index is 5.99. The summed E-state index contributed by atoms with van der Waals surface area (Å²) in [6.07, 6.45) is 1.95. The Morgan fingerprint density at radius 1 is 1.29 bits per heavy atom. The summed E-state index contributed by atoms with van der Waals surface area (Å²) >= 11 is 17.5. The van der Waals surface area contributed by atoms with Crippen molar-refractivity contribution in [2.24, 2.45) is 0 Å². The van der Waals surface area contributed by atoms with Gasteiger partial charge < -0.3 is 9.88 Å². The number of aromatic nitrogens is 3. The lowest BCUT2D eigenvalue weighted by molar-refractivity contribution is 0.777. The third-order valence-electron chi connectivity index (χ3n) is 2.20. The summed E-state index contributed by atoms with van der Waals surface area (Å²) in [4.78, 5) is 7.74. The molecular weight excluding hydrogens is 282 g/mol. The number of halogens is 3. The molecule has 0 amide bonds. The van der Waals surface area contributed by atoms with Crippen molar-refractivity contribution in [3.05, 3.63) is 33.8 Å². The molecule has 0 unspecified atom stereocenters. The molecule has 2 rings (SSSR count). The number of anilines is 2. The fourth-order valence-corrected chi connectivity index (χ4v) is 1.92. The highest BCUT2D eigenvalue weighted by Crippen LogP contribution is 2.30. The molecule has 17 heavy (non-hydrogen) atoms. The van der Waals surface area contributed by atoms with Crippen molar-refractivity contribution in [1.82, 2.24) is 14.5 Å². The highest BCUT2D eigenvalue weighted by Gasteiger charge is 2.11. The van der Waals surface area contributed by atoms with E-state index < -0.39 is 0 Å². The zero-order chi connectivity index (χ0) is 12.4. The third kappa shape index (κ3) is 2.65. The smallest absolute Gasteiger partial charge is 0.225 e. The molecular formula is C10H9Cl3N4. The second-order valence-electron chi connectivity index (χ2n) is 3.25. The molecule has 4 nitrogen and oxygen atoms in total. The van der Waals surface area contributed by atoms with Crippen molar-refractivity contribution in [3.63, 3.8) is 0 Å². The number of hydrogen-bond acceptors (Lipinski definition) is 3. The molecule has 0 aliphatic rings. The van der Waals surface area contributed by atoms with Crippen molar-refractivity contribution in [2.45, 2.75) is 13.5 Å². The topological polar surface area (TPSA) is 42.7 Å². The molecule has 0 radical (unpaired) electrons. The first-order valence-corrected chi connectivity index (χ1v) is 6.06. The lowest BCUT2D eigenvalue weighted by atomic mass is 10.5. The van der Waals surface area contributed by atoms with E-state index in [2.05, 4.69) is 15.3 Å². The Bertz CT molecular complexity index is 538. The Morgan fingerprint density at radius 2 is 2.06 bits per heavy atom. The van der Waals surface area contributed by atoms with Crippen molar-refractivity contribution >= 4 is 46.4 Å². The molecule has 1 N–H and O–H groups in total. The maximum Gasteiger partial charge on any atom is 0.225 e. The van der Waals surface area contributed by atoms with Crippen LogP contribution < -0.4 is 5.32 Å². The van der Waals surface area contributed by atoms with E-state index >= 15 is 0 Å². The molecule has 7 heteroatoms. The van der Waals surface area contributed by atoms with E-state index in [-0.39, 0.29) is 15.5 Å². The van der Waals surface area contributed by atoms with Gasteiger partial charge >= 0.3 is 0 Å². The van der Waals surface area contributed by atoms with Crippen LogP contribution >= 0.6 is 34.8 Å². The zero-order valence-corrected chi connectivity index (χ0v) is 11.2. The van der Waals surface area contributed by atoms with E-state index in [0.29, 0.717) is 5.82 Å². The first-order chi connectivity index (χ1) is 8.11.